The summed E-state index contributed by atoms with van der Waals surface area (Å²) < 4.78 is 25.5. The lowest BCUT2D eigenvalue weighted by Gasteiger charge is -2.10. The first-order chi connectivity index (χ1) is 4.70. The molecule has 0 aromatic heterocycles. The van der Waals surface area contributed by atoms with E-state index in [-0.39, 0.29) is 6.10 Å². The first-order valence-electron chi connectivity index (χ1n) is 3.02. The Hall–Kier alpha value is 0.110. The number of epoxide rings is 1. The lowest BCUT2D eigenvalue weighted by Crippen LogP contribution is -2.00. The molecule has 0 saturated carbocycles. The summed E-state index contributed by atoms with van der Waals surface area (Å²) in [6.45, 7) is 0.677. The minimum absolute atomic E-state index is 0.0886. The van der Waals surface area contributed by atoms with E-state index >= 15 is 0 Å². The quantitative estimate of drug-likeness (QED) is 0.459. The molecule has 0 spiro atoms. The number of hydrogen-bond donors (Lipinski definition) is 0. The fourth-order valence-electron chi connectivity index (χ4n) is 0.646. The molecule has 0 amide bonds. The Labute approximate surface area is 60.0 Å². The van der Waals surface area contributed by atoms with E-state index < -0.39 is 7.60 Å². The van der Waals surface area contributed by atoms with Crippen molar-refractivity contribution in [2.45, 2.75) is 6.10 Å². The van der Waals surface area contributed by atoms with Gasteiger partial charge in [-0.15, -0.1) is 0 Å². The molecule has 1 atom stereocenters. The van der Waals surface area contributed by atoms with Gasteiger partial charge in [0.1, 0.15) is 0 Å². The van der Waals surface area contributed by atoms with Crippen LogP contribution in [0.5, 0.6) is 0 Å². The fourth-order valence-corrected chi connectivity index (χ4v) is 1.80. The van der Waals surface area contributed by atoms with E-state index in [1.165, 1.54) is 14.2 Å². The average molecular weight is 166 g/mol. The van der Waals surface area contributed by atoms with Crippen molar-refractivity contribution in [3.8, 4) is 0 Å². The van der Waals surface area contributed by atoms with Crippen LogP contribution in [-0.4, -0.2) is 33.1 Å². The number of hydrogen-bond acceptors (Lipinski definition) is 4. The van der Waals surface area contributed by atoms with Crippen LogP contribution in [0.15, 0.2) is 0 Å². The van der Waals surface area contributed by atoms with Crippen LogP contribution < -0.4 is 0 Å². The summed E-state index contributed by atoms with van der Waals surface area (Å²) in [5, 5.41) is 0. The zero-order valence-corrected chi connectivity index (χ0v) is 6.97. The van der Waals surface area contributed by atoms with Crippen LogP contribution >= 0.6 is 7.60 Å². The summed E-state index contributed by atoms with van der Waals surface area (Å²) in [4.78, 5) is 0. The van der Waals surface area contributed by atoms with E-state index in [1.54, 1.807) is 0 Å². The molecule has 10 heavy (non-hydrogen) atoms. The Morgan fingerprint density at radius 1 is 1.60 bits per heavy atom. The molecule has 0 unspecified atom stereocenters. The van der Waals surface area contributed by atoms with Crippen LogP contribution in [0.25, 0.3) is 0 Å². The van der Waals surface area contributed by atoms with E-state index in [0.29, 0.717) is 12.8 Å². The zero-order valence-electron chi connectivity index (χ0n) is 6.07. The second-order valence-corrected chi connectivity index (χ2v) is 4.43. The second kappa shape index (κ2) is 3.01. The third kappa shape index (κ3) is 2.06. The van der Waals surface area contributed by atoms with E-state index in [1.807, 2.05) is 0 Å². The maximum atomic E-state index is 11.3. The molecular weight excluding hydrogens is 155 g/mol. The summed E-state index contributed by atoms with van der Waals surface area (Å²) >= 11 is 0. The topological polar surface area (TPSA) is 48.1 Å². The Bertz CT molecular complexity index is 146. The number of rotatable bonds is 4. The van der Waals surface area contributed by atoms with E-state index in [4.69, 9.17) is 13.8 Å². The molecule has 1 aliphatic rings. The summed E-state index contributed by atoms with van der Waals surface area (Å²) in [5.41, 5.74) is 0. The standard InChI is InChI=1S/C5H11O4P/c1-7-10(6,8-2)4-5-3-9-5/h5H,3-4H2,1-2H3/t5-/m0/s1. The molecule has 5 heteroatoms. The predicted octanol–water partition coefficient (Wildman–Crippen LogP) is 0.871. The van der Waals surface area contributed by atoms with Crippen LogP contribution in [-0.2, 0) is 18.3 Å². The zero-order chi connectivity index (χ0) is 7.61. The van der Waals surface area contributed by atoms with Crippen molar-refractivity contribution >= 4 is 7.60 Å². The van der Waals surface area contributed by atoms with Gasteiger partial charge in [-0.05, 0) is 0 Å². The van der Waals surface area contributed by atoms with Crippen LogP contribution in [0.2, 0.25) is 0 Å². The molecule has 0 radical (unpaired) electrons. The van der Waals surface area contributed by atoms with Crippen molar-refractivity contribution in [3.63, 3.8) is 0 Å². The highest BCUT2D eigenvalue weighted by Crippen LogP contribution is 2.48. The van der Waals surface area contributed by atoms with Gasteiger partial charge in [-0.1, -0.05) is 0 Å². The molecule has 0 aliphatic carbocycles. The Morgan fingerprint density at radius 3 is 2.40 bits per heavy atom. The summed E-state index contributed by atoms with van der Waals surface area (Å²) in [5.74, 6) is 0. The van der Waals surface area contributed by atoms with Gasteiger partial charge in [-0.3, -0.25) is 4.57 Å². The lowest BCUT2D eigenvalue weighted by molar-refractivity contribution is 0.271. The SMILES string of the molecule is COP(=O)(C[C@@H]1CO1)OC. The molecule has 0 N–H and O–H groups in total. The van der Waals surface area contributed by atoms with Gasteiger partial charge in [-0.2, -0.15) is 0 Å². The Balaban J connectivity index is 2.37. The molecular formula is C5H11O4P. The first kappa shape index (κ1) is 8.21. The highest BCUT2D eigenvalue weighted by molar-refractivity contribution is 7.53. The average Bonchev–Trinajstić information content (AvgIpc) is 2.72. The minimum atomic E-state index is -2.80. The molecule has 1 saturated heterocycles. The van der Waals surface area contributed by atoms with Crippen LogP contribution in [0.3, 0.4) is 0 Å². The maximum Gasteiger partial charge on any atom is 0.332 e. The van der Waals surface area contributed by atoms with Crippen molar-refractivity contribution in [3.05, 3.63) is 0 Å². The monoisotopic (exact) mass is 166 g/mol. The summed E-state index contributed by atoms with van der Waals surface area (Å²) in [7, 11) is -0.0366. The van der Waals surface area contributed by atoms with Crippen LogP contribution in [0.4, 0.5) is 0 Å². The molecule has 0 bridgehead atoms. The summed E-state index contributed by atoms with van der Waals surface area (Å²) in [6.07, 6.45) is 0.464. The smallest absolute Gasteiger partial charge is 0.332 e. The molecule has 1 rings (SSSR count). The molecule has 1 aliphatic heterocycles. The summed E-state index contributed by atoms with van der Waals surface area (Å²) in [6, 6.07) is 0. The fraction of sp³-hybridized carbons (Fsp3) is 1.00. The lowest BCUT2D eigenvalue weighted by atomic mass is 10.6. The third-order valence-electron chi connectivity index (χ3n) is 1.39. The van der Waals surface area contributed by atoms with Gasteiger partial charge in [0.25, 0.3) is 0 Å². The molecule has 0 aromatic carbocycles. The van der Waals surface area contributed by atoms with Crippen molar-refractivity contribution in [2.24, 2.45) is 0 Å². The van der Waals surface area contributed by atoms with Gasteiger partial charge in [0.2, 0.25) is 0 Å². The molecule has 1 fully saturated rings. The van der Waals surface area contributed by atoms with Crippen LogP contribution in [0, 0.1) is 0 Å². The maximum absolute atomic E-state index is 11.3. The van der Waals surface area contributed by atoms with E-state index in [9.17, 15) is 4.57 Å². The van der Waals surface area contributed by atoms with Crippen LogP contribution in [0.1, 0.15) is 0 Å². The van der Waals surface area contributed by atoms with E-state index in [2.05, 4.69) is 0 Å². The number of ether oxygens (including phenoxy) is 1. The van der Waals surface area contributed by atoms with Gasteiger partial charge < -0.3 is 13.8 Å². The first-order valence-corrected chi connectivity index (χ1v) is 4.75. The van der Waals surface area contributed by atoms with Gasteiger partial charge in [0.15, 0.2) is 0 Å². The third-order valence-corrected chi connectivity index (χ3v) is 3.35. The largest absolute Gasteiger partial charge is 0.372 e. The normalized spacial score (nSPS) is 24.8. The van der Waals surface area contributed by atoms with Gasteiger partial charge in [0, 0.05) is 14.2 Å². The molecule has 4 nitrogen and oxygen atoms in total. The minimum Gasteiger partial charge on any atom is -0.372 e. The molecule has 60 valence electrons. The van der Waals surface area contributed by atoms with E-state index in [0.717, 1.165) is 0 Å². The Morgan fingerprint density at radius 2 is 2.10 bits per heavy atom. The predicted molar refractivity (Wildman–Crippen MR) is 36.2 cm³/mol. The van der Waals surface area contributed by atoms with Crippen molar-refractivity contribution in [2.75, 3.05) is 27.0 Å². The molecule has 1 heterocycles. The van der Waals surface area contributed by atoms with Crippen molar-refractivity contribution in [1.29, 1.82) is 0 Å². The van der Waals surface area contributed by atoms with Gasteiger partial charge >= 0.3 is 7.60 Å². The molecule has 0 aromatic rings. The van der Waals surface area contributed by atoms with Gasteiger partial charge in [-0.25, -0.2) is 0 Å². The Kier molecular flexibility index (Phi) is 2.47. The highest BCUT2D eigenvalue weighted by Gasteiger charge is 2.34. The van der Waals surface area contributed by atoms with Crippen molar-refractivity contribution in [1.82, 2.24) is 0 Å². The highest BCUT2D eigenvalue weighted by atomic mass is 31.2. The second-order valence-electron chi connectivity index (χ2n) is 2.11. The van der Waals surface area contributed by atoms with Crippen molar-refractivity contribution < 1.29 is 18.3 Å². The van der Waals surface area contributed by atoms with Gasteiger partial charge in [0.05, 0.1) is 18.9 Å².